The van der Waals surface area contributed by atoms with Gasteiger partial charge in [-0.3, -0.25) is 9.59 Å². The maximum atomic E-state index is 12.6. The Kier molecular flexibility index (Phi) is 7.73. The van der Waals surface area contributed by atoms with E-state index in [-0.39, 0.29) is 17.6 Å². The van der Waals surface area contributed by atoms with Crippen molar-refractivity contribution in [2.45, 2.75) is 45.6 Å². The Hall–Kier alpha value is -1.10. The van der Waals surface area contributed by atoms with Crippen LogP contribution >= 0.6 is 23.2 Å². The molecule has 1 saturated heterocycles. The van der Waals surface area contributed by atoms with E-state index in [2.05, 4.69) is 6.92 Å². The van der Waals surface area contributed by atoms with Crippen LogP contribution in [0.25, 0.3) is 0 Å². The van der Waals surface area contributed by atoms with E-state index in [1.54, 1.807) is 30.0 Å². The molecule has 0 aliphatic carbocycles. The van der Waals surface area contributed by atoms with Gasteiger partial charge in [0.2, 0.25) is 0 Å². The summed E-state index contributed by atoms with van der Waals surface area (Å²) in [6.45, 7) is 5.65. The number of likely N-dealkylation sites (tertiary alicyclic amines) is 1. The fourth-order valence-corrected chi connectivity index (χ4v) is 3.28. The maximum absolute atomic E-state index is 12.6. The van der Waals surface area contributed by atoms with Crippen molar-refractivity contribution in [3.05, 3.63) is 33.8 Å². The van der Waals surface area contributed by atoms with Crippen LogP contribution in [-0.2, 0) is 9.53 Å². The van der Waals surface area contributed by atoms with Gasteiger partial charge in [-0.25, -0.2) is 0 Å². The van der Waals surface area contributed by atoms with Crippen LogP contribution in [0.5, 0.6) is 0 Å². The number of unbranched alkanes of at least 4 members (excludes halogenated alkanes) is 1. The molecule has 0 N–H and O–H groups in total. The highest BCUT2D eigenvalue weighted by Gasteiger charge is 2.30. The van der Waals surface area contributed by atoms with Crippen molar-refractivity contribution in [1.82, 2.24) is 4.90 Å². The van der Waals surface area contributed by atoms with Gasteiger partial charge in [0.1, 0.15) is 6.10 Å². The summed E-state index contributed by atoms with van der Waals surface area (Å²) in [4.78, 5) is 26.8. The van der Waals surface area contributed by atoms with Crippen LogP contribution in [0.4, 0.5) is 0 Å². The summed E-state index contributed by atoms with van der Waals surface area (Å²) >= 11 is 11.9. The normalized spacial score (nSPS) is 16.7. The number of carbonyl (C=O) groups excluding carboxylic acids is 2. The van der Waals surface area contributed by atoms with Crippen molar-refractivity contribution in [3.63, 3.8) is 0 Å². The lowest BCUT2D eigenvalue weighted by Crippen LogP contribution is -2.45. The van der Waals surface area contributed by atoms with Gasteiger partial charge in [-0.05, 0) is 44.4 Å². The molecule has 1 aromatic rings. The third-order valence-corrected chi connectivity index (χ3v) is 5.33. The third-order valence-electron chi connectivity index (χ3n) is 4.60. The number of carbonyl (C=O) groups is 2. The van der Waals surface area contributed by atoms with Crippen molar-refractivity contribution in [2.24, 2.45) is 5.92 Å². The minimum atomic E-state index is -0.422. The smallest absolute Gasteiger partial charge is 0.251 e. The third kappa shape index (κ3) is 5.44. The van der Waals surface area contributed by atoms with Gasteiger partial charge in [0, 0.05) is 31.2 Å². The average molecular weight is 386 g/mol. The van der Waals surface area contributed by atoms with Crippen LogP contribution in [-0.4, -0.2) is 42.4 Å². The Bertz CT molecular complexity index is 613. The summed E-state index contributed by atoms with van der Waals surface area (Å²) < 4.78 is 5.58. The number of benzene rings is 1. The molecule has 1 aliphatic heterocycles. The summed E-state index contributed by atoms with van der Waals surface area (Å²) in [6, 6.07) is 4.97. The molecule has 0 aromatic heterocycles. The molecule has 4 nitrogen and oxygen atoms in total. The largest absolute Gasteiger partial charge is 0.369 e. The van der Waals surface area contributed by atoms with Gasteiger partial charge in [0.25, 0.3) is 5.91 Å². The molecular weight excluding hydrogens is 361 g/mol. The second-order valence-corrected chi connectivity index (χ2v) is 7.27. The molecule has 1 unspecified atom stereocenters. The van der Waals surface area contributed by atoms with Gasteiger partial charge in [-0.1, -0.05) is 36.5 Å². The molecule has 1 aliphatic rings. The van der Waals surface area contributed by atoms with Crippen molar-refractivity contribution >= 4 is 34.9 Å². The monoisotopic (exact) mass is 385 g/mol. The van der Waals surface area contributed by atoms with Gasteiger partial charge in [0.05, 0.1) is 10.0 Å². The number of hydrogen-bond acceptors (Lipinski definition) is 3. The molecule has 0 spiro atoms. The molecule has 0 saturated carbocycles. The lowest BCUT2D eigenvalue weighted by atomic mass is 9.89. The molecule has 0 bridgehead atoms. The summed E-state index contributed by atoms with van der Waals surface area (Å²) in [5.74, 6) is -0.00735. The van der Waals surface area contributed by atoms with Crippen LogP contribution in [0, 0.1) is 5.92 Å². The molecular formula is C19H25Cl2NO3. The summed E-state index contributed by atoms with van der Waals surface area (Å²) in [5, 5.41) is 0.828. The Labute approximate surface area is 159 Å². The van der Waals surface area contributed by atoms with Gasteiger partial charge in [0.15, 0.2) is 5.78 Å². The topological polar surface area (TPSA) is 46.6 Å². The first kappa shape index (κ1) is 20.2. The number of piperidine rings is 1. The Morgan fingerprint density at radius 1 is 1.24 bits per heavy atom. The lowest BCUT2D eigenvalue weighted by molar-refractivity contribution is -0.144. The molecule has 1 heterocycles. The van der Waals surface area contributed by atoms with Gasteiger partial charge in [-0.2, -0.15) is 0 Å². The van der Waals surface area contributed by atoms with Crippen molar-refractivity contribution < 1.29 is 14.3 Å². The first-order valence-corrected chi connectivity index (χ1v) is 9.59. The van der Waals surface area contributed by atoms with Crippen LogP contribution < -0.4 is 0 Å². The second kappa shape index (κ2) is 9.56. The van der Waals surface area contributed by atoms with Crippen LogP contribution in [0.2, 0.25) is 10.0 Å². The average Bonchev–Trinajstić information content (AvgIpc) is 2.63. The molecule has 1 aromatic carbocycles. The summed E-state index contributed by atoms with van der Waals surface area (Å²) in [5.41, 5.74) is 0.579. The van der Waals surface area contributed by atoms with E-state index in [4.69, 9.17) is 27.9 Å². The van der Waals surface area contributed by atoms with E-state index in [0.29, 0.717) is 48.1 Å². The predicted molar refractivity (Wildman–Crippen MR) is 100 cm³/mol. The molecule has 1 atom stereocenters. The molecule has 1 fully saturated rings. The van der Waals surface area contributed by atoms with E-state index >= 15 is 0 Å². The zero-order valence-electron chi connectivity index (χ0n) is 14.8. The number of Topliss-reactive ketones (excluding diaryl/α,β-unsaturated/α-hetero) is 1. The number of hydrogen-bond donors (Lipinski definition) is 0. The number of rotatable bonds is 7. The second-order valence-electron chi connectivity index (χ2n) is 6.46. The summed E-state index contributed by atoms with van der Waals surface area (Å²) in [7, 11) is 0. The molecule has 2 rings (SSSR count). The van der Waals surface area contributed by atoms with Crippen LogP contribution in [0.15, 0.2) is 18.2 Å². The maximum Gasteiger partial charge on any atom is 0.251 e. The SMILES string of the molecule is CCCCOC(C)C(=O)N1CCC(C(=O)c2ccc(Cl)c(Cl)c2)CC1. The molecule has 138 valence electrons. The first-order chi connectivity index (χ1) is 11.9. The number of nitrogens with zero attached hydrogens (tertiary/aromatic N) is 1. The predicted octanol–water partition coefficient (Wildman–Crippen LogP) is 4.62. The van der Waals surface area contributed by atoms with Gasteiger partial charge >= 0.3 is 0 Å². The highest BCUT2D eigenvalue weighted by atomic mass is 35.5. The van der Waals surface area contributed by atoms with Crippen LogP contribution in [0.1, 0.15) is 49.9 Å². The molecule has 0 radical (unpaired) electrons. The Morgan fingerprint density at radius 3 is 2.52 bits per heavy atom. The van der Waals surface area contributed by atoms with E-state index in [1.807, 2.05) is 0 Å². The molecule has 25 heavy (non-hydrogen) atoms. The highest BCUT2D eigenvalue weighted by Crippen LogP contribution is 2.27. The minimum Gasteiger partial charge on any atom is -0.369 e. The number of halogens is 2. The zero-order valence-corrected chi connectivity index (χ0v) is 16.3. The van der Waals surface area contributed by atoms with Gasteiger partial charge in [-0.15, -0.1) is 0 Å². The van der Waals surface area contributed by atoms with Gasteiger partial charge < -0.3 is 9.64 Å². The number of amides is 1. The van der Waals surface area contributed by atoms with E-state index < -0.39 is 6.10 Å². The van der Waals surface area contributed by atoms with E-state index in [9.17, 15) is 9.59 Å². The van der Waals surface area contributed by atoms with Crippen molar-refractivity contribution in [1.29, 1.82) is 0 Å². The standard InChI is InChI=1S/C19H25Cl2NO3/c1-3-4-11-25-13(2)19(24)22-9-7-14(8-10-22)18(23)15-5-6-16(20)17(21)12-15/h5-6,12-14H,3-4,7-11H2,1-2H3. The Morgan fingerprint density at radius 2 is 1.92 bits per heavy atom. The lowest BCUT2D eigenvalue weighted by Gasteiger charge is -2.33. The molecule has 1 amide bonds. The first-order valence-electron chi connectivity index (χ1n) is 8.83. The fraction of sp³-hybridized carbons (Fsp3) is 0.579. The quantitative estimate of drug-likeness (QED) is 0.508. The zero-order chi connectivity index (χ0) is 18.4. The van der Waals surface area contributed by atoms with Crippen molar-refractivity contribution in [3.8, 4) is 0 Å². The fourth-order valence-electron chi connectivity index (χ4n) is 2.98. The van der Waals surface area contributed by atoms with Crippen molar-refractivity contribution in [2.75, 3.05) is 19.7 Å². The molecule has 6 heteroatoms. The minimum absolute atomic E-state index is 0.0107. The van der Waals surface area contributed by atoms with E-state index in [1.165, 1.54) is 0 Å². The number of ketones is 1. The highest BCUT2D eigenvalue weighted by molar-refractivity contribution is 6.42. The summed E-state index contributed by atoms with van der Waals surface area (Å²) in [6.07, 6.45) is 2.90. The van der Waals surface area contributed by atoms with E-state index in [0.717, 1.165) is 12.8 Å². The number of ether oxygens (including phenoxy) is 1. The Balaban J connectivity index is 1.87. The van der Waals surface area contributed by atoms with Crippen LogP contribution in [0.3, 0.4) is 0 Å².